The number of nitrogen functional groups attached to an aromatic ring is 2. The van der Waals surface area contributed by atoms with Gasteiger partial charge in [-0.1, -0.05) is 0 Å². The highest BCUT2D eigenvalue weighted by Crippen LogP contribution is 2.08. The molecule has 0 spiro atoms. The third-order valence-electron chi connectivity index (χ3n) is 0.648. The molecule has 0 atom stereocenters. The zero-order chi connectivity index (χ0) is 5.28. The van der Waals surface area contributed by atoms with Crippen LogP contribution in [-0.4, -0.2) is 0 Å². The van der Waals surface area contributed by atoms with Gasteiger partial charge in [0.25, 0.3) is 0 Å². The summed E-state index contributed by atoms with van der Waals surface area (Å²) in [7, 11) is 0. The van der Waals surface area contributed by atoms with Gasteiger partial charge in [0.2, 0.25) is 0 Å². The maximum Gasteiger partial charge on any atom is 0.192 e. The second-order valence-electron chi connectivity index (χ2n) is 1.24. The highest BCUT2D eigenvalue weighted by atomic mass is 16.4. The molecular weight excluding hydrogens is 92.1 g/mol. The summed E-state index contributed by atoms with van der Waals surface area (Å²) in [6, 6.07) is 3.21. The van der Waals surface area contributed by atoms with E-state index >= 15 is 0 Å². The Bertz CT molecular complexity index is 142. The Morgan fingerprint density at radius 3 is 1.71 bits per heavy atom. The lowest BCUT2D eigenvalue weighted by atomic mass is 10.6. The smallest absolute Gasteiger partial charge is 0.192 e. The number of hydrogen-bond donors (Lipinski definition) is 2. The topological polar surface area (TPSA) is 65.2 Å². The number of furan rings is 1. The van der Waals surface area contributed by atoms with Crippen molar-refractivity contribution >= 4 is 11.8 Å². The van der Waals surface area contributed by atoms with Crippen LogP contribution in [0.2, 0.25) is 0 Å². The van der Waals surface area contributed by atoms with Crippen LogP contribution in [0.3, 0.4) is 0 Å². The average Bonchev–Trinajstić information content (AvgIpc) is 1.87. The minimum atomic E-state index is 0.359. The fourth-order valence-corrected chi connectivity index (χ4v) is 0.368. The molecule has 0 bridgehead atoms. The van der Waals surface area contributed by atoms with Crippen molar-refractivity contribution in [3.63, 3.8) is 0 Å². The zero-order valence-electron chi connectivity index (χ0n) is 3.72. The summed E-state index contributed by atoms with van der Waals surface area (Å²) in [5.41, 5.74) is 10.3. The zero-order valence-corrected chi connectivity index (χ0v) is 3.72. The molecule has 1 heterocycles. The minimum absolute atomic E-state index is 0.359. The first-order valence-electron chi connectivity index (χ1n) is 1.90. The van der Waals surface area contributed by atoms with E-state index in [-0.39, 0.29) is 0 Å². The van der Waals surface area contributed by atoms with Crippen LogP contribution < -0.4 is 11.5 Å². The van der Waals surface area contributed by atoms with Crippen LogP contribution in [0.4, 0.5) is 11.8 Å². The molecule has 3 nitrogen and oxygen atoms in total. The van der Waals surface area contributed by atoms with E-state index in [4.69, 9.17) is 11.5 Å². The molecule has 4 N–H and O–H groups in total. The Kier molecular flexibility index (Phi) is 0.685. The molecule has 0 aliphatic heterocycles. The van der Waals surface area contributed by atoms with Gasteiger partial charge < -0.3 is 15.9 Å². The number of rotatable bonds is 0. The van der Waals surface area contributed by atoms with Gasteiger partial charge in [-0.2, -0.15) is 0 Å². The third kappa shape index (κ3) is 0.652. The minimum Gasteiger partial charge on any atom is -0.426 e. The molecule has 1 aromatic heterocycles. The molecular formula is C4H6N2O. The monoisotopic (exact) mass is 98.0 g/mol. The van der Waals surface area contributed by atoms with E-state index in [2.05, 4.69) is 4.42 Å². The summed E-state index contributed by atoms with van der Waals surface area (Å²) in [5, 5.41) is 0. The van der Waals surface area contributed by atoms with Crippen LogP contribution >= 0.6 is 0 Å². The Morgan fingerprint density at radius 1 is 1.14 bits per heavy atom. The molecule has 0 aliphatic carbocycles. The molecule has 0 aromatic carbocycles. The molecule has 3 heteroatoms. The quantitative estimate of drug-likeness (QED) is 0.495. The van der Waals surface area contributed by atoms with Crippen LogP contribution in [0.5, 0.6) is 0 Å². The summed E-state index contributed by atoms with van der Waals surface area (Å²) in [6.07, 6.45) is 0. The predicted octanol–water partition coefficient (Wildman–Crippen LogP) is 0.444. The number of hydrogen-bond acceptors (Lipinski definition) is 3. The van der Waals surface area contributed by atoms with Crippen LogP contribution in [0.25, 0.3) is 0 Å². The molecule has 7 heavy (non-hydrogen) atoms. The summed E-state index contributed by atoms with van der Waals surface area (Å²) in [4.78, 5) is 0. The van der Waals surface area contributed by atoms with Gasteiger partial charge in [0, 0.05) is 12.1 Å². The van der Waals surface area contributed by atoms with Gasteiger partial charge in [-0.25, -0.2) is 0 Å². The lowest BCUT2D eigenvalue weighted by molar-refractivity contribution is 0.608. The van der Waals surface area contributed by atoms with E-state index in [0.29, 0.717) is 11.8 Å². The molecule has 38 valence electrons. The maximum absolute atomic E-state index is 5.13. The molecule has 0 aliphatic rings. The lowest BCUT2D eigenvalue weighted by Crippen LogP contribution is -1.78. The van der Waals surface area contributed by atoms with Crippen molar-refractivity contribution in [2.45, 2.75) is 0 Å². The Morgan fingerprint density at radius 2 is 1.57 bits per heavy atom. The fraction of sp³-hybridized carbons (Fsp3) is 0. The summed E-state index contributed by atoms with van der Waals surface area (Å²) in [5.74, 6) is 0.718. The molecule has 0 unspecified atom stereocenters. The summed E-state index contributed by atoms with van der Waals surface area (Å²) < 4.78 is 4.64. The largest absolute Gasteiger partial charge is 0.426 e. The van der Waals surface area contributed by atoms with Gasteiger partial charge in [0.05, 0.1) is 0 Å². The fourth-order valence-electron chi connectivity index (χ4n) is 0.368. The highest BCUT2D eigenvalue weighted by Gasteiger charge is 1.87. The molecule has 0 saturated carbocycles. The van der Waals surface area contributed by atoms with Gasteiger partial charge >= 0.3 is 0 Å². The molecule has 0 amide bonds. The first kappa shape index (κ1) is 4.05. The standard InChI is InChI=1S/C4H6N2O/c5-3-1-2-4(6)7-3/h1-2H,5-6H2. The van der Waals surface area contributed by atoms with Crippen molar-refractivity contribution in [1.29, 1.82) is 0 Å². The van der Waals surface area contributed by atoms with E-state index in [0.717, 1.165) is 0 Å². The van der Waals surface area contributed by atoms with Gasteiger partial charge in [-0.15, -0.1) is 0 Å². The van der Waals surface area contributed by atoms with Gasteiger partial charge in [0.15, 0.2) is 11.8 Å². The molecule has 1 rings (SSSR count). The van der Waals surface area contributed by atoms with Crippen molar-refractivity contribution in [2.75, 3.05) is 11.5 Å². The maximum atomic E-state index is 5.13. The second kappa shape index (κ2) is 1.18. The van der Waals surface area contributed by atoms with E-state index in [1.165, 1.54) is 0 Å². The van der Waals surface area contributed by atoms with Crippen LogP contribution in [0, 0.1) is 0 Å². The summed E-state index contributed by atoms with van der Waals surface area (Å²) >= 11 is 0. The van der Waals surface area contributed by atoms with E-state index < -0.39 is 0 Å². The number of anilines is 2. The normalized spacial score (nSPS) is 9.14. The Hall–Kier alpha value is -1.12. The Balaban J connectivity index is 3.04. The Labute approximate surface area is 40.9 Å². The highest BCUT2D eigenvalue weighted by molar-refractivity contribution is 5.35. The first-order valence-corrected chi connectivity index (χ1v) is 1.90. The first-order chi connectivity index (χ1) is 3.29. The molecule has 0 fully saturated rings. The van der Waals surface area contributed by atoms with Crippen LogP contribution in [-0.2, 0) is 0 Å². The van der Waals surface area contributed by atoms with E-state index in [9.17, 15) is 0 Å². The molecule has 0 radical (unpaired) electrons. The molecule has 0 saturated heterocycles. The lowest BCUT2D eigenvalue weighted by Gasteiger charge is -1.77. The predicted molar refractivity (Wildman–Crippen MR) is 27.5 cm³/mol. The van der Waals surface area contributed by atoms with Crippen LogP contribution in [0.15, 0.2) is 16.5 Å². The van der Waals surface area contributed by atoms with Crippen molar-refractivity contribution in [3.8, 4) is 0 Å². The van der Waals surface area contributed by atoms with Gasteiger partial charge in [-0.05, 0) is 0 Å². The van der Waals surface area contributed by atoms with E-state index in [1.54, 1.807) is 12.1 Å². The average molecular weight is 98.1 g/mol. The van der Waals surface area contributed by atoms with Crippen molar-refractivity contribution in [3.05, 3.63) is 12.1 Å². The second-order valence-corrected chi connectivity index (χ2v) is 1.24. The third-order valence-corrected chi connectivity index (χ3v) is 0.648. The summed E-state index contributed by atoms with van der Waals surface area (Å²) in [6.45, 7) is 0. The molecule has 1 aromatic rings. The van der Waals surface area contributed by atoms with Gasteiger partial charge in [-0.3, -0.25) is 0 Å². The van der Waals surface area contributed by atoms with Gasteiger partial charge in [0.1, 0.15) is 0 Å². The SMILES string of the molecule is Nc1ccc(N)o1. The van der Waals surface area contributed by atoms with Crippen LogP contribution in [0.1, 0.15) is 0 Å². The van der Waals surface area contributed by atoms with Crippen molar-refractivity contribution < 1.29 is 4.42 Å². The van der Waals surface area contributed by atoms with Crippen molar-refractivity contribution in [1.82, 2.24) is 0 Å². The van der Waals surface area contributed by atoms with Crippen molar-refractivity contribution in [2.24, 2.45) is 0 Å². The van der Waals surface area contributed by atoms with E-state index in [1.807, 2.05) is 0 Å². The number of nitrogens with two attached hydrogens (primary N) is 2.